The molecule has 94 valence electrons. The number of halogens is 1. The zero-order chi connectivity index (χ0) is 13.2. The average molecular weight is 315 g/mol. The third kappa shape index (κ3) is 2.31. The summed E-state index contributed by atoms with van der Waals surface area (Å²) in [7, 11) is 0. The lowest BCUT2D eigenvalue weighted by molar-refractivity contribution is -0.114. The molecule has 4 heteroatoms. The van der Waals surface area contributed by atoms with Crippen molar-refractivity contribution in [3.8, 4) is 0 Å². The highest BCUT2D eigenvalue weighted by Crippen LogP contribution is 2.30. The van der Waals surface area contributed by atoms with Crippen LogP contribution in [0.25, 0.3) is 0 Å². The molecule has 1 amide bonds. The lowest BCUT2D eigenvalue weighted by Gasteiger charge is -2.09. The second-order valence-electron chi connectivity index (χ2n) is 4.23. The van der Waals surface area contributed by atoms with Gasteiger partial charge in [0.1, 0.15) is 4.83 Å². The number of para-hydroxylation sites is 2. The summed E-state index contributed by atoms with van der Waals surface area (Å²) in [6.45, 7) is 0. The van der Waals surface area contributed by atoms with E-state index in [9.17, 15) is 4.79 Å². The molecule has 0 bridgehead atoms. The van der Waals surface area contributed by atoms with Gasteiger partial charge >= 0.3 is 0 Å². The van der Waals surface area contributed by atoms with E-state index < -0.39 is 4.83 Å². The molecule has 0 spiro atoms. The van der Waals surface area contributed by atoms with Crippen LogP contribution in [0.1, 0.15) is 5.56 Å². The summed E-state index contributed by atoms with van der Waals surface area (Å²) in [6.07, 6.45) is 0. The predicted molar refractivity (Wildman–Crippen MR) is 80.4 cm³/mol. The summed E-state index contributed by atoms with van der Waals surface area (Å²) in [5, 5.41) is 2.87. The SMILES string of the molecule is O=C1Nc2ccccc2N=C(c2ccccc2)[C@@H]1Br. The van der Waals surface area contributed by atoms with Crippen molar-refractivity contribution < 1.29 is 4.79 Å². The lowest BCUT2D eigenvalue weighted by atomic mass is 10.1. The summed E-state index contributed by atoms with van der Waals surface area (Å²) in [5.74, 6) is -0.104. The number of fused-ring (bicyclic) bond motifs is 1. The normalized spacial score (nSPS) is 18.1. The summed E-state index contributed by atoms with van der Waals surface area (Å²) >= 11 is 3.42. The Hall–Kier alpha value is -1.94. The monoisotopic (exact) mass is 314 g/mol. The van der Waals surface area contributed by atoms with Crippen LogP contribution in [-0.4, -0.2) is 16.4 Å². The molecule has 1 aliphatic rings. The quantitative estimate of drug-likeness (QED) is 0.804. The number of alkyl halides is 1. The highest BCUT2D eigenvalue weighted by Gasteiger charge is 2.26. The molecule has 1 aliphatic heterocycles. The van der Waals surface area contributed by atoms with Crippen LogP contribution in [0.2, 0.25) is 0 Å². The van der Waals surface area contributed by atoms with Crippen LogP contribution in [0.3, 0.4) is 0 Å². The zero-order valence-electron chi connectivity index (χ0n) is 10.0. The van der Waals surface area contributed by atoms with Gasteiger partial charge in [-0.3, -0.25) is 4.79 Å². The molecule has 0 saturated heterocycles. The predicted octanol–water partition coefficient (Wildman–Crippen LogP) is 3.52. The standard InChI is InChI=1S/C15H11BrN2O/c16-13-14(10-6-2-1-3-7-10)17-11-8-4-5-9-12(11)18-15(13)19/h1-9,13H,(H,18,19)/t13-/m0/s1. The van der Waals surface area contributed by atoms with Gasteiger partial charge < -0.3 is 5.32 Å². The number of hydrogen-bond acceptors (Lipinski definition) is 2. The lowest BCUT2D eigenvalue weighted by Crippen LogP contribution is -2.29. The van der Waals surface area contributed by atoms with Crippen molar-refractivity contribution in [2.75, 3.05) is 5.32 Å². The van der Waals surface area contributed by atoms with Crippen LogP contribution in [0, 0.1) is 0 Å². The Morgan fingerprint density at radius 2 is 1.68 bits per heavy atom. The van der Waals surface area contributed by atoms with Crippen LogP contribution in [0.4, 0.5) is 11.4 Å². The first kappa shape index (κ1) is 12.1. The smallest absolute Gasteiger partial charge is 0.244 e. The van der Waals surface area contributed by atoms with Crippen molar-refractivity contribution in [3.63, 3.8) is 0 Å². The molecule has 0 saturated carbocycles. The van der Waals surface area contributed by atoms with E-state index in [-0.39, 0.29) is 5.91 Å². The second kappa shape index (κ2) is 4.97. The van der Waals surface area contributed by atoms with Crippen LogP contribution in [-0.2, 0) is 4.79 Å². The first-order valence-electron chi connectivity index (χ1n) is 5.93. The number of aliphatic imine (C=N–C) groups is 1. The van der Waals surface area contributed by atoms with Crippen LogP contribution < -0.4 is 5.32 Å². The number of nitrogens with zero attached hydrogens (tertiary/aromatic N) is 1. The fourth-order valence-electron chi connectivity index (χ4n) is 2.00. The minimum absolute atomic E-state index is 0.104. The number of hydrogen-bond donors (Lipinski definition) is 1. The first-order valence-corrected chi connectivity index (χ1v) is 6.85. The van der Waals surface area contributed by atoms with Crippen LogP contribution in [0.15, 0.2) is 59.6 Å². The molecule has 1 N–H and O–H groups in total. The van der Waals surface area contributed by atoms with Gasteiger partial charge in [0.25, 0.3) is 0 Å². The molecule has 3 nitrogen and oxygen atoms in total. The van der Waals surface area contributed by atoms with Crippen LogP contribution >= 0.6 is 15.9 Å². The van der Waals surface area contributed by atoms with Crippen molar-refractivity contribution >= 4 is 38.9 Å². The molecule has 0 unspecified atom stereocenters. The van der Waals surface area contributed by atoms with E-state index in [1.54, 1.807) is 0 Å². The number of carbonyl (C=O) groups is 1. The third-order valence-electron chi connectivity index (χ3n) is 2.94. The molecule has 0 fully saturated rings. The molecule has 1 heterocycles. The second-order valence-corrected chi connectivity index (χ2v) is 5.15. The van der Waals surface area contributed by atoms with Gasteiger partial charge in [-0.1, -0.05) is 58.4 Å². The first-order chi connectivity index (χ1) is 9.25. The van der Waals surface area contributed by atoms with Gasteiger partial charge in [-0.15, -0.1) is 0 Å². The van der Waals surface area contributed by atoms with Gasteiger partial charge in [0, 0.05) is 0 Å². The highest BCUT2D eigenvalue weighted by molar-refractivity contribution is 9.10. The maximum Gasteiger partial charge on any atom is 0.244 e. The number of anilines is 1. The van der Waals surface area contributed by atoms with E-state index in [0.29, 0.717) is 0 Å². The Bertz CT molecular complexity index is 652. The number of benzene rings is 2. The topological polar surface area (TPSA) is 41.5 Å². The number of carbonyl (C=O) groups excluding carboxylic acids is 1. The van der Waals surface area contributed by atoms with Gasteiger partial charge in [-0.05, 0) is 17.7 Å². The van der Waals surface area contributed by atoms with Crippen molar-refractivity contribution in [2.45, 2.75) is 4.83 Å². The summed E-state index contributed by atoms with van der Waals surface area (Å²) in [4.78, 5) is 16.3. The summed E-state index contributed by atoms with van der Waals surface area (Å²) in [6, 6.07) is 17.3. The maximum atomic E-state index is 12.1. The Kier molecular flexibility index (Phi) is 3.17. The molecule has 2 aromatic carbocycles. The van der Waals surface area contributed by atoms with Gasteiger partial charge in [0.15, 0.2) is 0 Å². The van der Waals surface area contributed by atoms with E-state index >= 15 is 0 Å². The maximum absolute atomic E-state index is 12.1. The molecular formula is C15H11BrN2O. The van der Waals surface area contributed by atoms with Gasteiger partial charge in [0.2, 0.25) is 5.91 Å². The Labute approximate surface area is 119 Å². The minimum atomic E-state index is -0.456. The average Bonchev–Trinajstić information content (AvgIpc) is 2.58. The molecule has 3 rings (SSSR count). The zero-order valence-corrected chi connectivity index (χ0v) is 11.6. The number of amides is 1. The molecule has 1 atom stereocenters. The van der Waals surface area contributed by atoms with E-state index in [4.69, 9.17) is 0 Å². The van der Waals surface area contributed by atoms with E-state index in [1.807, 2.05) is 54.6 Å². The van der Waals surface area contributed by atoms with Crippen molar-refractivity contribution in [1.82, 2.24) is 0 Å². The van der Waals surface area contributed by atoms with E-state index in [0.717, 1.165) is 22.6 Å². The van der Waals surface area contributed by atoms with Crippen molar-refractivity contribution in [1.29, 1.82) is 0 Å². The molecule has 2 aromatic rings. The summed E-state index contributed by atoms with van der Waals surface area (Å²) < 4.78 is 0. The largest absolute Gasteiger partial charge is 0.323 e. The third-order valence-corrected chi connectivity index (χ3v) is 3.79. The molecule has 0 radical (unpaired) electrons. The van der Waals surface area contributed by atoms with Crippen molar-refractivity contribution in [3.05, 3.63) is 60.2 Å². The minimum Gasteiger partial charge on any atom is -0.323 e. The van der Waals surface area contributed by atoms with Gasteiger partial charge in [-0.25, -0.2) is 4.99 Å². The molecular weight excluding hydrogens is 304 g/mol. The fraction of sp³-hybridized carbons (Fsp3) is 0.0667. The Morgan fingerprint density at radius 1 is 1.00 bits per heavy atom. The van der Waals surface area contributed by atoms with Crippen LogP contribution in [0.5, 0.6) is 0 Å². The van der Waals surface area contributed by atoms with Crippen molar-refractivity contribution in [2.24, 2.45) is 4.99 Å². The van der Waals surface area contributed by atoms with E-state index in [1.165, 1.54) is 0 Å². The van der Waals surface area contributed by atoms with Gasteiger partial charge in [0.05, 0.1) is 17.1 Å². The summed E-state index contributed by atoms with van der Waals surface area (Å²) in [5.41, 5.74) is 3.18. The molecule has 19 heavy (non-hydrogen) atoms. The number of rotatable bonds is 1. The molecule has 0 aromatic heterocycles. The van der Waals surface area contributed by atoms with E-state index in [2.05, 4.69) is 26.2 Å². The number of nitrogens with one attached hydrogen (secondary N) is 1. The van der Waals surface area contributed by atoms with Gasteiger partial charge in [-0.2, -0.15) is 0 Å². The highest BCUT2D eigenvalue weighted by atomic mass is 79.9. The Balaban J connectivity index is 2.16. The Morgan fingerprint density at radius 3 is 2.47 bits per heavy atom. The molecule has 0 aliphatic carbocycles. The fourth-order valence-corrected chi connectivity index (χ4v) is 2.48.